The fourth-order valence-electron chi connectivity index (χ4n) is 2.66. The zero-order chi connectivity index (χ0) is 20.2. The van der Waals surface area contributed by atoms with Crippen LogP contribution in [0.25, 0.3) is 0 Å². The van der Waals surface area contributed by atoms with Crippen molar-refractivity contribution in [1.29, 1.82) is 0 Å². The molecule has 2 amide bonds. The summed E-state index contributed by atoms with van der Waals surface area (Å²) in [5.74, 6) is -0.178. The van der Waals surface area contributed by atoms with Gasteiger partial charge in [0.05, 0.1) is 7.11 Å². The van der Waals surface area contributed by atoms with Gasteiger partial charge in [0, 0.05) is 41.1 Å². The van der Waals surface area contributed by atoms with Crippen molar-refractivity contribution in [2.75, 3.05) is 32.1 Å². The molecule has 0 aliphatic heterocycles. The number of hydrogen-bond acceptors (Lipinski definition) is 5. The summed E-state index contributed by atoms with van der Waals surface area (Å²) in [7, 11) is 1.41. The molecule has 0 fully saturated rings. The third kappa shape index (κ3) is 8.86. The van der Waals surface area contributed by atoms with Crippen molar-refractivity contribution in [3.63, 3.8) is 0 Å². The molecule has 0 saturated heterocycles. The first-order chi connectivity index (χ1) is 13.6. The van der Waals surface area contributed by atoms with E-state index < -0.39 is 0 Å². The molecule has 1 aromatic heterocycles. The van der Waals surface area contributed by atoms with Gasteiger partial charge in [0.1, 0.15) is 0 Å². The average molecular weight is 468 g/mol. The Morgan fingerprint density at radius 3 is 2.57 bits per heavy atom. The van der Waals surface area contributed by atoms with Gasteiger partial charge in [-0.1, -0.05) is 22.0 Å². The highest BCUT2D eigenvalue weighted by Gasteiger charge is 2.09. The maximum Gasteiger partial charge on any atom is 0.319 e. The van der Waals surface area contributed by atoms with E-state index in [4.69, 9.17) is 4.74 Å². The van der Waals surface area contributed by atoms with E-state index in [-0.39, 0.29) is 12.0 Å². The Hall–Kier alpha value is -1.90. The van der Waals surface area contributed by atoms with Gasteiger partial charge in [-0.3, -0.25) is 9.69 Å². The summed E-state index contributed by atoms with van der Waals surface area (Å²) in [6, 6.07) is 11.4. The molecule has 2 N–H and O–H groups in total. The van der Waals surface area contributed by atoms with Crippen molar-refractivity contribution in [2.24, 2.45) is 0 Å². The molecule has 0 spiro atoms. The monoisotopic (exact) mass is 467 g/mol. The highest BCUT2D eigenvalue weighted by atomic mass is 79.9. The number of amides is 2. The van der Waals surface area contributed by atoms with Gasteiger partial charge in [0.25, 0.3) is 0 Å². The Morgan fingerprint density at radius 1 is 1.14 bits per heavy atom. The smallest absolute Gasteiger partial charge is 0.319 e. The number of halogens is 1. The number of rotatable bonds is 11. The largest absolute Gasteiger partial charge is 0.469 e. The van der Waals surface area contributed by atoms with Crippen molar-refractivity contribution < 1.29 is 14.3 Å². The average Bonchev–Trinajstić information content (AvgIpc) is 3.19. The summed E-state index contributed by atoms with van der Waals surface area (Å²) in [4.78, 5) is 26.9. The minimum Gasteiger partial charge on any atom is -0.469 e. The second-order valence-corrected chi connectivity index (χ2v) is 8.22. The fraction of sp³-hybridized carbons (Fsp3) is 0.400. The zero-order valence-electron chi connectivity index (χ0n) is 15.9. The molecule has 1 heterocycles. The highest BCUT2D eigenvalue weighted by Crippen LogP contribution is 2.14. The van der Waals surface area contributed by atoms with Crippen molar-refractivity contribution in [3.05, 3.63) is 51.1 Å². The molecule has 0 aliphatic carbocycles. The van der Waals surface area contributed by atoms with Gasteiger partial charge >= 0.3 is 12.0 Å². The van der Waals surface area contributed by atoms with E-state index in [0.717, 1.165) is 42.6 Å². The van der Waals surface area contributed by atoms with Gasteiger partial charge < -0.3 is 15.4 Å². The van der Waals surface area contributed by atoms with E-state index in [1.54, 1.807) is 11.3 Å². The third-order valence-electron chi connectivity index (χ3n) is 4.08. The van der Waals surface area contributed by atoms with Crippen LogP contribution >= 0.6 is 27.3 Å². The minimum absolute atomic E-state index is 0.178. The summed E-state index contributed by atoms with van der Waals surface area (Å²) in [6.07, 6.45) is 2.01. The van der Waals surface area contributed by atoms with Crippen LogP contribution in [0.2, 0.25) is 0 Å². The molecule has 2 aromatic rings. The van der Waals surface area contributed by atoms with Gasteiger partial charge in [0.2, 0.25) is 0 Å². The molecule has 0 atom stereocenters. The van der Waals surface area contributed by atoms with Gasteiger partial charge in [-0.05, 0) is 55.1 Å². The zero-order valence-corrected chi connectivity index (χ0v) is 18.4. The SMILES string of the molecule is COC(=O)CCCN(CCCNC(=O)Nc1ccc(Br)cc1)Cc1cccs1. The van der Waals surface area contributed by atoms with Crippen LogP contribution < -0.4 is 10.6 Å². The number of ether oxygens (including phenoxy) is 1. The molecule has 0 radical (unpaired) electrons. The number of carbonyl (C=O) groups excluding carboxylic acids is 2. The molecule has 8 heteroatoms. The Labute approximate surface area is 178 Å². The first-order valence-corrected chi connectivity index (χ1v) is 10.9. The second-order valence-electron chi connectivity index (χ2n) is 6.28. The second kappa shape index (κ2) is 12.5. The maximum atomic E-state index is 12.0. The van der Waals surface area contributed by atoms with E-state index >= 15 is 0 Å². The lowest BCUT2D eigenvalue weighted by Gasteiger charge is -2.21. The molecule has 0 aliphatic rings. The van der Waals surface area contributed by atoms with Crippen LogP contribution in [0.4, 0.5) is 10.5 Å². The summed E-state index contributed by atoms with van der Waals surface area (Å²) in [6.45, 7) is 3.10. The van der Waals surface area contributed by atoms with E-state index in [9.17, 15) is 9.59 Å². The number of nitrogens with one attached hydrogen (secondary N) is 2. The van der Waals surface area contributed by atoms with Gasteiger partial charge in [-0.25, -0.2) is 4.79 Å². The number of carbonyl (C=O) groups is 2. The lowest BCUT2D eigenvalue weighted by Crippen LogP contribution is -2.32. The predicted octanol–water partition coefficient (Wildman–Crippen LogP) is 4.48. The molecular weight excluding hydrogens is 442 g/mol. The van der Waals surface area contributed by atoms with Crippen LogP contribution in [-0.4, -0.2) is 43.6 Å². The highest BCUT2D eigenvalue weighted by molar-refractivity contribution is 9.10. The molecule has 0 unspecified atom stereocenters. The fourth-order valence-corrected chi connectivity index (χ4v) is 3.67. The molecule has 1 aromatic carbocycles. The van der Waals surface area contributed by atoms with Crippen molar-refractivity contribution >= 4 is 45.0 Å². The van der Waals surface area contributed by atoms with E-state index in [1.165, 1.54) is 12.0 Å². The lowest BCUT2D eigenvalue weighted by molar-refractivity contribution is -0.140. The minimum atomic E-state index is -0.210. The number of nitrogens with zero attached hydrogens (tertiary/aromatic N) is 1. The normalized spacial score (nSPS) is 10.7. The molecule has 28 heavy (non-hydrogen) atoms. The van der Waals surface area contributed by atoms with Crippen LogP contribution in [-0.2, 0) is 16.1 Å². The van der Waals surface area contributed by atoms with Crippen molar-refractivity contribution in [3.8, 4) is 0 Å². The number of thiophene rings is 1. The number of anilines is 1. The summed E-state index contributed by atoms with van der Waals surface area (Å²) >= 11 is 5.09. The molecule has 0 saturated carbocycles. The standard InChI is InChI=1S/C20H26BrN3O3S/c1-27-19(25)6-2-12-24(15-18-5-3-14-28-18)13-4-11-22-20(26)23-17-9-7-16(21)8-10-17/h3,5,7-10,14H,2,4,6,11-13,15H2,1H3,(H2,22,23,26). The van der Waals surface area contributed by atoms with Crippen molar-refractivity contribution in [2.45, 2.75) is 25.8 Å². The van der Waals surface area contributed by atoms with Gasteiger partial charge in [0.15, 0.2) is 0 Å². The van der Waals surface area contributed by atoms with E-state index in [2.05, 4.69) is 42.9 Å². The number of hydrogen-bond donors (Lipinski definition) is 2. The summed E-state index contributed by atoms with van der Waals surface area (Å²) in [5.41, 5.74) is 0.753. The number of esters is 1. The number of methoxy groups -OCH3 is 1. The molecule has 2 rings (SSSR count). The van der Waals surface area contributed by atoms with E-state index in [1.807, 2.05) is 30.3 Å². The predicted molar refractivity (Wildman–Crippen MR) is 117 cm³/mol. The van der Waals surface area contributed by atoms with Gasteiger partial charge in [-0.15, -0.1) is 11.3 Å². The van der Waals surface area contributed by atoms with Crippen LogP contribution in [0.5, 0.6) is 0 Å². The molecule has 152 valence electrons. The molecular formula is C20H26BrN3O3S. The Bertz CT molecular complexity index is 723. The molecule has 6 nitrogen and oxygen atoms in total. The first-order valence-electron chi connectivity index (χ1n) is 9.19. The van der Waals surface area contributed by atoms with Crippen LogP contribution in [0, 0.1) is 0 Å². The number of urea groups is 1. The Morgan fingerprint density at radius 2 is 1.89 bits per heavy atom. The summed E-state index contributed by atoms with van der Waals surface area (Å²) in [5, 5.41) is 7.76. The van der Waals surface area contributed by atoms with Crippen molar-refractivity contribution in [1.82, 2.24) is 10.2 Å². The first kappa shape index (κ1) is 22.4. The van der Waals surface area contributed by atoms with Crippen LogP contribution in [0.15, 0.2) is 46.3 Å². The van der Waals surface area contributed by atoms with Crippen LogP contribution in [0.3, 0.4) is 0 Å². The Balaban J connectivity index is 1.70. The third-order valence-corrected chi connectivity index (χ3v) is 5.47. The number of benzene rings is 1. The summed E-state index contributed by atoms with van der Waals surface area (Å²) < 4.78 is 5.67. The van der Waals surface area contributed by atoms with E-state index in [0.29, 0.717) is 13.0 Å². The lowest BCUT2D eigenvalue weighted by atomic mass is 10.2. The maximum absolute atomic E-state index is 12.0. The topological polar surface area (TPSA) is 70.7 Å². The quantitative estimate of drug-likeness (QED) is 0.377. The molecule has 0 bridgehead atoms. The van der Waals surface area contributed by atoms with Gasteiger partial charge in [-0.2, -0.15) is 0 Å². The Kier molecular flexibility index (Phi) is 10.0. The van der Waals surface area contributed by atoms with Crippen LogP contribution in [0.1, 0.15) is 24.1 Å².